The van der Waals surface area contributed by atoms with Crippen LogP contribution in [0.4, 0.5) is 0 Å². The van der Waals surface area contributed by atoms with Crippen LogP contribution in [-0.4, -0.2) is 16.2 Å². The van der Waals surface area contributed by atoms with Gasteiger partial charge in [-0.3, -0.25) is 0 Å². The van der Waals surface area contributed by atoms with Gasteiger partial charge < -0.3 is 5.11 Å². The van der Waals surface area contributed by atoms with E-state index in [1.54, 1.807) is 26.1 Å². The molecule has 0 bridgehead atoms. The molecule has 0 aliphatic heterocycles. The maximum atomic E-state index is 8.06. The molecule has 0 atom stereocenters. The third-order valence-electron chi connectivity index (χ3n) is 0.875. The Morgan fingerprint density at radius 3 is 2.17 bits per heavy atom. The van der Waals surface area contributed by atoms with E-state index in [-0.39, 0.29) is 6.10 Å². The van der Waals surface area contributed by atoms with E-state index in [0.29, 0.717) is 5.15 Å². The molecule has 0 aliphatic rings. The summed E-state index contributed by atoms with van der Waals surface area (Å²) >= 11 is 5.50. The first-order chi connectivity index (χ1) is 5.52. The Balaban J connectivity index is 0.000000261. The van der Waals surface area contributed by atoms with Gasteiger partial charge in [-0.05, 0) is 32.4 Å². The maximum Gasteiger partial charge on any atom is 0.129 e. The van der Waals surface area contributed by atoms with Gasteiger partial charge in [0.15, 0.2) is 0 Å². The zero-order valence-corrected chi connectivity index (χ0v) is 8.34. The van der Waals surface area contributed by atoms with Crippen LogP contribution in [-0.2, 0) is 0 Å². The van der Waals surface area contributed by atoms with Crippen molar-refractivity contribution in [1.29, 1.82) is 0 Å². The van der Waals surface area contributed by atoms with Gasteiger partial charge in [0.25, 0.3) is 0 Å². The van der Waals surface area contributed by atoms with Crippen molar-refractivity contribution in [1.82, 2.24) is 4.98 Å². The second kappa shape index (κ2) is 5.98. The van der Waals surface area contributed by atoms with Gasteiger partial charge in [0.1, 0.15) is 5.15 Å². The molecule has 0 saturated carbocycles. The van der Waals surface area contributed by atoms with Crippen LogP contribution in [0.25, 0.3) is 0 Å². The summed E-state index contributed by atoms with van der Waals surface area (Å²) in [6, 6.07) is 3.70. The van der Waals surface area contributed by atoms with E-state index in [2.05, 4.69) is 4.98 Å². The van der Waals surface area contributed by atoms with E-state index < -0.39 is 0 Å². The Bertz CT molecular complexity index is 185. The lowest BCUT2D eigenvalue weighted by Gasteiger charge is -1.87. The SMILES string of the molecule is CC(C)O.Cc1ccc(Cl)nc1. The third-order valence-corrected chi connectivity index (χ3v) is 1.10. The molecule has 12 heavy (non-hydrogen) atoms. The molecule has 0 saturated heterocycles. The first-order valence-corrected chi connectivity index (χ1v) is 4.16. The van der Waals surface area contributed by atoms with Crippen LogP contribution in [0.3, 0.4) is 0 Å². The number of aromatic nitrogens is 1. The summed E-state index contributed by atoms with van der Waals surface area (Å²) in [5.74, 6) is 0. The largest absolute Gasteiger partial charge is 0.394 e. The molecule has 0 radical (unpaired) electrons. The zero-order valence-electron chi connectivity index (χ0n) is 7.58. The van der Waals surface area contributed by atoms with E-state index in [0.717, 1.165) is 5.56 Å². The van der Waals surface area contributed by atoms with E-state index in [9.17, 15) is 0 Å². The fraction of sp³-hybridized carbons (Fsp3) is 0.444. The molecule has 1 N–H and O–H groups in total. The van der Waals surface area contributed by atoms with Crippen LogP contribution >= 0.6 is 11.6 Å². The summed E-state index contributed by atoms with van der Waals surface area (Å²) in [7, 11) is 0. The topological polar surface area (TPSA) is 33.1 Å². The molecule has 3 heteroatoms. The van der Waals surface area contributed by atoms with E-state index in [1.165, 1.54) is 0 Å². The molecular formula is C9H14ClNO. The number of nitrogens with zero attached hydrogens (tertiary/aromatic N) is 1. The van der Waals surface area contributed by atoms with Gasteiger partial charge in [-0.25, -0.2) is 4.98 Å². The van der Waals surface area contributed by atoms with Crippen molar-refractivity contribution in [3.63, 3.8) is 0 Å². The zero-order chi connectivity index (χ0) is 9.56. The average molecular weight is 188 g/mol. The van der Waals surface area contributed by atoms with Crippen molar-refractivity contribution in [3.8, 4) is 0 Å². The quantitative estimate of drug-likeness (QED) is 0.633. The number of aliphatic hydroxyl groups is 1. The number of aliphatic hydroxyl groups excluding tert-OH is 1. The minimum absolute atomic E-state index is 0.167. The Labute approximate surface area is 78.2 Å². The summed E-state index contributed by atoms with van der Waals surface area (Å²) < 4.78 is 0. The van der Waals surface area contributed by atoms with Crippen LogP contribution in [0, 0.1) is 6.92 Å². The van der Waals surface area contributed by atoms with Crippen molar-refractivity contribution in [2.75, 3.05) is 0 Å². The predicted molar refractivity (Wildman–Crippen MR) is 51.3 cm³/mol. The molecule has 0 fully saturated rings. The van der Waals surface area contributed by atoms with Crippen LogP contribution in [0.1, 0.15) is 19.4 Å². The Morgan fingerprint density at radius 2 is 1.92 bits per heavy atom. The Kier molecular flexibility index (Phi) is 5.68. The molecule has 1 rings (SSSR count). The minimum Gasteiger partial charge on any atom is -0.394 e. The molecular weight excluding hydrogens is 174 g/mol. The number of hydrogen-bond acceptors (Lipinski definition) is 2. The number of pyridine rings is 1. The molecule has 1 aromatic rings. The lowest BCUT2D eigenvalue weighted by molar-refractivity contribution is 0.216. The summed E-state index contributed by atoms with van der Waals surface area (Å²) in [5, 5.41) is 8.61. The number of hydrogen-bond donors (Lipinski definition) is 1. The lowest BCUT2D eigenvalue weighted by Crippen LogP contribution is -1.85. The van der Waals surface area contributed by atoms with Gasteiger partial charge in [0.2, 0.25) is 0 Å². The number of rotatable bonds is 0. The van der Waals surface area contributed by atoms with Crippen LogP contribution in [0.5, 0.6) is 0 Å². The molecule has 0 spiro atoms. The highest BCUT2D eigenvalue weighted by Crippen LogP contribution is 2.02. The van der Waals surface area contributed by atoms with E-state index in [1.807, 2.05) is 13.0 Å². The normalized spacial score (nSPS) is 9.17. The van der Waals surface area contributed by atoms with Crippen molar-refractivity contribution >= 4 is 11.6 Å². The van der Waals surface area contributed by atoms with Crippen LogP contribution < -0.4 is 0 Å². The average Bonchev–Trinajstić information content (AvgIpc) is 1.94. The lowest BCUT2D eigenvalue weighted by atomic mass is 10.3. The van der Waals surface area contributed by atoms with E-state index >= 15 is 0 Å². The molecule has 0 amide bonds. The first kappa shape index (κ1) is 11.4. The van der Waals surface area contributed by atoms with Crippen molar-refractivity contribution < 1.29 is 5.11 Å². The van der Waals surface area contributed by atoms with Gasteiger partial charge in [-0.2, -0.15) is 0 Å². The summed E-state index contributed by atoms with van der Waals surface area (Å²) in [5.41, 5.74) is 1.13. The second-order valence-electron chi connectivity index (χ2n) is 2.75. The highest BCUT2D eigenvalue weighted by Gasteiger charge is 1.83. The predicted octanol–water partition coefficient (Wildman–Crippen LogP) is 2.43. The second-order valence-corrected chi connectivity index (χ2v) is 3.14. The molecule has 0 aromatic carbocycles. The molecule has 2 nitrogen and oxygen atoms in total. The fourth-order valence-corrected chi connectivity index (χ4v) is 0.562. The minimum atomic E-state index is -0.167. The number of aryl methyl sites for hydroxylation is 1. The summed E-state index contributed by atoms with van der Waals surface area (Å²) in [6.45, 7) is 5.42. The maximum absolute atomic E-state index is 8.06. The molecule has 1 aromatic heterocycles. The van der Waals surface area contributed by atoms with E-state index in [4.69, 9.17) is 16.7 Å². The molecule has 0 aliphatic carbocycles. The van der Waals surface area contributed by atoms with Crippen molar-refractivity contribution in [2.45, 2.75) is 26.9 Å². The molecule has 1 heterocycles. The standard InChI is InChI=1S/C6H6ClN.C3H8O/c1-5-2-3-6(7)8-4-5;1-3(2)4/h2-4H,1H3;3-4H,1-2H3. The Hall–Kier alpha value is -0.600. The Morgan fingerprint density at radius 1 is 1.42 bits per heavy atom. The van der Waals surface area contributed by atoms with Crippen LogP contribution in [0.15, 0.2) is 18.3 Å². The molecule has 0 unspecified atom stereocenters. The van der Waals surface area contributed by atoms with Gasteiger partial charge in [0.05, 0.1) is 0 Å². The summed E-state index contributed by atoms with van der Waals surface area (Å²) in [6.07, 6.45) is 1.57. The van der Waals surface area contributed by atoms with Gasteiger partial charge >= 0.3 is 0 Å². The van der Waals surface area contributed by atoms with Gasteiger partial charge in [-0.15, -0.1) is 0 Å². The van der Waals surface area contributed by atoms with Gasteiger partial charge in [-0.1, -0.05) is 17.7 Å². The first-order valence-electron chi connectivity index (χ1n) is 3.78. The van der Waals surface area contributed by atoms with Crippen molar-refractivity contribution in [2.24, 2.45) is 0 Å². The van der Waals surface area contributed by atoms with Crippen molar-refractivity contribution in [3.05, 3.63) is 29.0 Å². The van der Waals surface area contributed by atoms with Crippen LogP contribution in [0.2, 0.25) is 5.15 Å². The smallest absolute Gasteiger partial charge is 0.129 e. The summed E-state index contributed by atoms with van der Waals surface area (Å²) in [4.78, 5) is 3.84. The monoisotopic (exact) mass is 187 g/mol. The highest BCUT2D eigenvalue weighted by molar-refractivity contribution is 6.29. The van der Waals surface area contributed by atoms with Gasteiger partial charge in [0, 0.05) is 12.3 Å². The fourth-order valence-electron chi connectivity index (χ4n) is 0.450. The third kappa shape index (κ3) is 7.51. The number of halogens is 1. The highest BCUT2D eigenvalue weighted by atomic mass is 35.5. The molecule has 68 valence electrons.